The number of anilines is 2. The van der Waals surface area contributed by atoms with Gasteiger partial charge in [0.2, 0.25) is 11.8 Å². The highest BCUT2D eigenvalue weighted by molar-refractivity contribution is 6.40. The Morgan fingerprint density at radius 1 is 1.00 bits per heavy atom. The summed E-state index contributed by atoms with van der Waals surface area (Å²) >= 11 is 12.2. The van der Waals surface area contributed by atoms with Crippen molar-refractivity contribution in [3.05, 3.63) is 52.5 Å². The van der Waals surface area contributed by atoms with Crippen LogP contribution in [0.5, 0.6) is 5.75 Å². The SMILES string of the molecule is CCOc1ccccc1NC(=O)C1(C(=O)Nc2c(Cl)cccc2Cl)CC1. The van der Waals surface area contributed by atoms with Gasteiger partial charge >= 0.3 is 0 Å². The van der Waals surface area contributed by atoms with Crippen molar-refractivity contribution < 1.29 is 14.3 Å². The number of carbonyl (C=O) groups excluding carboxylic acids is 2. The largest absolute Gasteiger partial charge is 0.492 e. The van der Waals surface area contributed by atoms with Gasteiger partial charge in [-0.3, -0.25) is 9.59 Å². The van der Waals surface area contributed by atoms with E-state index < -0.39 is 11.3 Å². The highest BCUT2D eigenvalue weighted by Gasteiger charge is 2.56. The quantitative estimate of drug-likeness (QED) is 0.696. The van der Waals surface area contributed by atoms with E-state index in [1.807, 2.05) is 13.0 Å². The van der Waals surface area contributed by atoms with Crippen molar-refractivity contribution in [1.82, 2.24) is 0 Å². The van der Waals surface area contributed by atoms with E-state index in [1.54, 1.807) is 36.4 Å². The Kier molecular flexibility index (Phi) is 5.39. The number of para-hydroxylation sites is 3. The van der Waals surface area contributed by atoms with Gasteiger partial charge in [-0.2, -0.15) is 0 Å². The molecule has 1 aliphatic carbocycles. The van der Waals surface area contributed by atoms with E-state index in [4.69, 9.17) is 27.9 Å². The van der Waals surface area contributed by atoms with Crippen LogP contribution < -0.4 is 15.4 Å². The zero-order chi connectivity index (χ0) is 18.7. The predicted octanol–water partition coefficient (Wildman–Crippen LogP) is 4.75. The van der Waals surface area contributed by atoms with Gasteiger partial charge in [0.15, 0.2) is 0 Å². The van der Waals surface area contributed by atoms with E-state index in [0.29, 0.717) is 46.6 Å². The first-order chi connectivity index (χ1) is 12.5. The molecule has 2 amide bonds. The van der Waals surface area contributed by atoms with Crippen molar-refractivity contribution in [2.24, 2.45) is 5.41 Å². The lowest BCUT2D eigenvalue weighted by atomic mass is 10.0. The van der Waals surface area contributed by atoms with Gasteiger partial charge < -0.3 is 15.4 Å². The Hall–Kier alpha value is -2.24. The third-order valence-electron chi connectivity index (χ3n) is 4.26. The predicted molar refractivity (Wildman–Crippen MR) is 103 cm³/mol. The summed E-state index contributed by atoms with van der Waals surface area (Å²) in [5.74, 6) is -0.224. The number of amides is 2. The Morgan fingerprint density at radius 2 is 1.62 bits per heavy atom. The zero-order valence-corrected chi connectivity index (χ0v) is 15.7. The summed E-state index contributed by atoms with van der Waals surface area (Å²) in [5, 5.41) is 6.14. The summed E-state index contributed by atoms with van der Waals surface area (Å²) in [7, 11) is 0. The van der Waals surface area contributed by atoms with Gasteiger partial charge in [-0.05, 0) is 44.0 Å². The highest BCUT2D eigenvalue weighted by atomic mass is 35.5. The van der Waals surface area contributed by atoms with Crippen LogP contribution in [0, 0.1) is 5.41 Å². The average Bonchev–Trinajstić information content (AvgIpc) is 3.42. The minimum absolute atomic E-state index is 0.314. The van der Waals surface area contributed by atoms with Gasteiger partial charge in [-0.15, -0.1) is 0 Å². The van der Waals surface area contributed by atoms with Crippen molar-refractivity contribution in [2.75, 3.05) is 17.2 Å². The summed E-state index contributed by atoms with van der Waals surface area (Å²) in [6.45, 7) is 2.34. The van der Waals surface area contributed by atoms with Crippen LogP contribution in [-0.4, -0.2) is 18.4 Å². The van der Waals surface area contributed by atoms with Crippen molar-refractivity contribution in [2.45, 2.75) is 19.8 Å². The minimum Gasteiger partial charge on any atom is -0.492 e. The second-order valence-corrected chi connectivity index (χ2v) is 6.83. The molecule has 0 heterocycles. The fraction of sp³-hybridized carbons (Fsp3) is 0.263. The molecule has 2 aromatic rings. The molecule has 1 aliphatic rings. The molecule has 0 radical (unpaired) electrons. The molecule has 2 aromatic carbocycles. The van der Waals surface area contributed by atoms with Gasteiger partial charge in [0, 0.05) is 0 Å². The van der Waals surface area contributed by atoms with E-state index in [1.165, 1.54) is 0 Å². The molecular weight excluding hydrogens is 375 g/mol. The fourth-order valence-corrected chi connectivity index (χ4v) is 3.12. The maximum Gasteiger partial charge on any atom is 0.240 e. The van der Waals surface area contributed by atoms with Crippen LogP contribution in [0.15, 0.2) is 42.5 Å². The standard InChI is InChI=1S/C19H18Cl2N2O3/c1-2-26-15-9-4-3-8-14(15)22-17(24)19(10-11-19)18(25)23-16-12(20)6-5-7-13(16)21/h3-9H,2,10-11H2,1H3,(H,22,24)(H,23,25). The third-order valence-corrected chi connectivity index (χ3v) is 4.89. The second-order valence-electron chi connectivity index (χ2n) is 6.02. The Bertz CT molecular complexity index is 830. The minimum atomic E-state index is -1.12. The Balaban J connectivity index is 1.76. The fourth-order valence-electron chi connectivity index (χ4n) is 2.63. The molecule has 7 heteroatoms. The first-order valence-electron chi connectivity index (χ1n) is 8.26. The lowest BCUT2D eigenvalue weighted by Gasteiger charge is -2.18. The first kappa shape index (κ1) is 18.5. The lowest BCUT2D eigenvalue weighted by Crippen LogP contribution is -2.35. The smallest absolute Gasteiger partial charge is 0.240 e. The number of ether oxygens (including phenoxy) is 1. The number of hydrogen-bond donors (Lipinski definition) is 2. The zero-order valence-electron chi connectivity index (χ0n) is 14.1. The molecule has 136 valence electrons. The molecule has 0 aromatic heterocycles. The van der Waals surface area contributed by atoms with Crippen LogP contribution in [0.2, 0.25) is 10.0 Å². The van der Waals surface area contributed by atoms with Crippen molar-refractivity contribution >= 4 is 46.4 Å². The van der Waals surface area contributed by atoms with Gasteiger partial charge in [0.25, 0.3) is 0 Å². The number of hydrogen-bond acceptors (Lipinski definition) is 3. The molecule has 0 aliphatic heterocycles. The molecule has 1 fully saturated rings. The Morgan fingerprint density at radius 3 is 2.23 bits per heavy atom. The summed E-state index contributed by atoms with van der Waals surface area (Å²) in [5.41, 5.74) is -0.272. The third kappa shape index (κ3) is 3.64. The highest BCUT2D eigenvalue weighted by Crippen LogP contribution is 2.48. The number of benzene rings is 2. The number of rotatable bonds is 6. The van der Waals surface area contributed by atoms with Crippen LogP contribution in [0.25, 0.3) is 0 Å². The van der Waals surface area contributed by atoms with Crippen molar-refractivity contribution in [1.29, 1.82) is 0 Å². The molecule has 2 N–H and O–H groups in total. The van der Waals surface area contributed by atoms with Crippen LogP contribution in [0.1, 0.15) is 19.8 Å². The Labute approximate surface area is 161 Å². The topological polar surface area (TPSA) is 67.4 Å². The molecule has 1 saturated carbocycles. The maximum absolute atomic E-state index is 12.8. The molecule has 0 spiro atoms. The van der Waals surface area contributed by atoms with Crippen LogP contribution in [0.4, 0.5) is 11.4 Å². The summed E-state index contributed by atoms with van der Waals surface area (Å²) < 4.78 is 5.51. The van der Waals surface area contributed by atoms with E-state index in [9.17, 15) is 9.59 Å². The van der Waals surface area contributed by atoms with Crippen LogP contribution in [-0.2, 0) is 9.59 Å². The first-order valence-corrected chi connectivity index (χ1v) is 9.02. The molecule has 0 bridgehead atoms. The van der Waals surface area contributed by atoms with Crippen molar-refractivity contribution in [3.8, 4) is 5.75 Å². The van der Waals surface area contributed by atoms with Gasteiger partial charge in [0.1, 0.15) is 11.2 Å². The number of halogens is 2. The van der Waals surface area contributed by atoms with Crippen molar-refractivity contribution in [3.63, 3.8) is 0 Å². The van der Waals surface area contributed by atoms with E-state index >= 15 is 0 Å². The summed E-state index contributed by atoms with van der Waals surface area (Å²) in [4.78, 5) is 25.5. The van der Waals surface area contributed by atoms with Crippen LogP contribution in [0.3, 0.4) is 0 Å². The molecule has 3 rings (SSSR count). The molecule has 26 heavy (non-hydrogen) atoms. The average molecular weight is 393 g/mol. The van der Waals surface area contributed by atoms with E-state index in [2.05, 4.69) is 10.6 Å². The summed E-state index contributed by atoms with van der Waals surface area (Å²) in [6, 6.07) is 12.1. The summed E-state index contributed by atoms with van der Waals surface area (Å²) in [6.07, 6.45) is 0.924. The van der Waals surface area contributed by atoms with E-state index in [-0.39, 0.29) is 5.91 Å². The van der Waals surface area contributed by atoms with Crippen LogP contribution >= 0.6 is 23.2 Å². The number of carbonyl (C=O) groups is 2. The molecule has 0 atom stereocenters. The molecule has 5 nitrogen and oxygen atoms in total. The molecule has 0 unspecified atom stereocenters. The molecular formula is C19H18Cl2N2O3. The monoisotopic (exact) mass is 392 g/mol. The normalized spacial score (nSPS) is 14.4. The molecule has 0 saturated heterocycles. The van der Waals surface area contributed by atoms with Gasteiger partial charge in [-0.1, -0.05) is 41.4 Å². The van der Waals surface area contributed by atoms with E-state index in [0.717, 1.165) is 0 Å². The lowest BCUT2D eigenvalue weighted by molar-refractivity contribution is -0.131. The van der Waals surface area contributed by atoms with Gasteiger partial charge in [0.05, 0.1) is 28.0 Å². The van der Waals surface area contributed by atoms with Gasteiger partial charge in [-0.25, -0.2) is 0 Å². The maximum atomic E-state index is 12.8. The second kappa shape index (κ2) is 7.56. The number of nitrogens with one attached hydrogen (secondary N) is 2.